The summed E-state index contributed by atoms with van der Waals surface area (Å²) in [6.07, 6.45) is 1.19. The van der Waals surface area contributed by atoms with Crippen LogP contribution in [-0.4, -0.2) is 47.8 Å². The first-order chi connectivity index (χ1) is 10.7. The van der Waals surface area contributed by atoms with Gasteiger partial charge < -0.3 is 19.2 Å². The summed E-state index contributed by atoms with van der Waals surface area (Å²) in [4.78, 5) is 14.5. The van der Waals surface area contributed by atoms with Crippen molar-refractivity contribution in [3.05, 3.63) is 48.4 Å². The van der Waals surface area contributed by atoms with Crippen molar-refractivity contribution in [1.82, 2.24) is 4.90 Å². The van der Waals surface area contributed by atoms with Gasteiger partial charge in [-0.1, -0.05) is 30.3 Å². The van der Waals surface area contributed by atoms with Gasteiger partial charge in [-0.2, -0.15) is 0 Å². The molecule has 116 valence electrons. The van der Waals surface area contributed by atoms with Crippen LogP contribution in [0.15, 0.2) is 47.1 Å². The summed E-state index contributed by atoms with van der Waals surface area (Å²) in [7, 11) is 0. The molecule has 1 aliphatic rings. The Balaban J connectivity index is 1.88. The molecule has 1 N–H and O–H groups in total. The Hall–Kier alpha value is -2.11. The van der Waals surface area contributed by atoms with Crippen LogP contribution in [-0.2, 0) is 4.74 Å². The quantitative estimate of drug-likeness (QED) is 0.943. The molecule has 2 aromatic rings. The minimum atomic E-state index is -0.338. The van der Waals surface area contributed by atoms with Gasteiger partial charge in [-0.25, -0.2) is 0 Å². The monoisotopic (exact) mass is 301 g/mol. The molecule has 0 bridgehead atoms. The summed E-state index contributed by atoms with van der Waals surface area (Å²) in [5.74, 6) is 0.162. The molecule has 1 fully saturated rings. The molecule has 5 heteroatoms. The van der Waals surface area contributed by atoms with Gasteiger partial charge in [0.25, 0.3) is 5.91 Å². The summed E-state index contributed by atoms with van der Waals surface area (Å²) in [6.45, 7) is 2.61. The summed E-state index contributed by atoms with van der Waals surface area (Å²) in [5.41, 5.74) is 1.73. The number of ether oxygens (including phenoxy) is 1. The van der Waals surface area contributed by atoms with Gasteiger partial charge in [-0.15, -0.1) is 0 Å². The second-order valence-corrected chi connectivity index (χ2v) is 5.47. The SMILES string of the molecule is CC1COC(CO)CN1C(=O)c1occc1-c1ccccc1. The lowest BCUT2D eigenvalue weighted by atomic mass is 10.1. The van der Waals surface area contributed by atoms with Crippen LogP contribution >= 0.6 is 0 Å². The molecule has 2 heterocycles. The zero-order chi connectivity index (χ0) is 15.5. The van der Waals surface area contributed by atoms with E-state index in [1.54, 1.807) is 11.0 Å². The van der Waals surface area contributed by atoms with Crippen LogP contribution < -0.4 is 0 Å². The standard InChI is InChI=1S/C17H19NO4/c1-12-11-22-14(10-19)9-18(12)17(20)16-15(7-8-21-16)13-5-3-2-4-6-13/h2-8,12,14,19H,9-11H2,1H3. The van der Waals surface area contributed by atoms with Crippen LogP contribution in [0, 0.1) is 0 Å². The van der Waals surface area contributed by atoms with Crippen LogP contribution in [0.2, 0.25) is 0 Å². The average Bonchev–Trinajstić information content (AvgIpc) is 3.05. The first-order valence-corrected chi connectivity index (χ1v) is 7.37. The van der Waals surface area contributed by atoms with E-state index in [1.165, 1.54) is 6.26 Å². The number of aliphatic hydroxyl groups excluding tert-OH is 1. The van der Waals surface area contributed by atoms with Gasteiger partial charge >= 0.3 is 0 Å². The number of rotatable bonds is 3. The summed E-state index contributed by atoms with van der Waals surface area (Å²) < 4.78 is 10.9. The minimum absolute atomic E-state index is 0.0518. The Morgan fingerprint density at radius 1 is 1.32 bits per heavy atom. The molecule has 2 atom stereocenters. The molecule has 0 radical (unpaired) electrons. The molecule has 1 saturated heterocycles. The van der Waals surface area contributed by atoms with E-state index < -0.39 is 0 Å². The molecule has 5 nitrogen and oxygen atoms in total. The van der Waals surface area contributed by atoms with Gasteiger partial charge in [0.15, 0.2) is 5.76 Å². The van der Waals surface area contributed by atoms with Gasteiger partial charge in [0.1, 0.15) is 0 Å². The average molecular weight is 301 g/mol. The smallest absolute Gasteiger partial charge is 0.290 e. The lowest BCUT2D eigenvalue weighted by Crippen LogP contribution is -2.52. The minimum Gasteiger partial charge on any atom is -0.459 e. The number of carbonyl (C=O) groups excluding carboxylic acids is 1. The predicted molar refractivity (Wildman–Crippen MR) is 81.5 cm³/mol. The van der Waals surface area contributed by atoms with E-state index in [-0.39, 0.29) is 24.7 Å². The number of nitrogens with zero attached hydrogens (tertiary/aromatic N) is 1. The molecule has 0 spiro atoms. The summed E-state index contributed by atoms with van der Waals surface area (Å²) >= 11 is 0. The Labute approximate surface area is 129 Å². The normalized spacial score (nSPS) is 21.8. The van der Waals surface area contributed by atoms with Crippen LogP contribution in [0.4, 0.5) is 0 Å². The lowest BCUT2D eigenvalue weighted by Gasteiger charge is -2.37. The van der Waals surface area contributed by atoms with E-state index in [2.05, 4.69) is 0 Å². The third kappa shape index (κ3) is 2.77. The van der Waals surface area contributed by atoms with Crippen LogP contribution in [0.5, 0.6) is 0 Å². The Morgan fingerprint density at radius 2 is 2.09 bits per heavy atom. The number of hydrogen-bond donors (Lipinski definition) is 1. The topological polar surface area (TPSA) is 62.9 Å². The third-order valence-electron chi connectivity index (χ3n) is 3.91. The number of hydrogen-bond acceptors (Lipinski definition) is 4. The largest absolute Gasteiger partial charge is 0.459 e. The molecule has 0 saturated carbocycles. The molecular weight excluding hydrogens is 282 g/mol. The van der Waals surface area contributed by atoms with E-state index in [1.807, 2.05) is 37.3 Å². The highest BCUT2D eigenvalue weighted by atomic mass is 16.5. The first-order valence-electron chi connectivity index (χ1n) is 7.37. The molecule has 3 rings (SSSR count). The maximum atomic E-state index is 12.8. The molecule has 1 aliphatic heterocycles. The number of aliphatic hydroxyl groups is 1. The van der Waals surface area contributed by atoms with Crippen LogP contribution in [0.3, 0.4) is 0 Å². The van der Waals surface area contributed by atoms with Gasteiger partial charge in [-0.05, 0) is 18.6 Å². The Kier molecular flexibility index (Phi) is 4.27. The van der Waals surface area contributed by atoms with E-state index >= 15 is 0 Å². The van der Waals surface area contributed by atoms with Gasteiger partial charge in [0, 0.05) is 12.1 Å². The maximum absolute atomic E-state index is 12.8. The van der Waals surface area contributed by atoms with Crippen molar-refractivity contribution >= 4 is 5.91 Å². The highest BCUT2D eigenvalue weighted by molar-refractivity contribution is 5.98. The number of furan rings is 1. The second kappa shape index (κ2) is 6.34. The van der Waals surface area contributed by atoms with E-state index in [4.69, 9.17) is 9.15 Å². The number of carbonyl (C=O) groups is 1. The van der Waals surface area contributed by atoms with Crippen LogP contribution in [0.25, 0.3) is 11.1 Å². The fourth-order valence-corrected chi connectivity index (χ4v) is 2.66. The van der Waals surface area contributed by atoms with Crippen molar-refractivity contribution in [3.8, 4) is 11.1 Å². The fraction of sp³-hybridized carbons (Fsp3) is 0.353. The third-order valence-corrected chi connectivity index (χ3v) is 3.91. The van der Waals surface area contributed by atoms with Gasteiger partial charge in [0.2, 0.25) is 0 Å². The van der Waals surface area contributed by atoms with Crippen molar-refractivity contribution in [1.29, 1.82) is 0 Å². The fourth-order valence-electron chi connectivity index (χ4n) is 2.66. The molecular formula is C17H19NO4. The van der Waals surface area contributed by atoms with E-state index in [9.17, 15) is 9.90 Å². The molecule has 1 aromatic carbocycles. The number of amides is 1. The van der Waals surface area contributed by atoms with E-state index in [0.717, 1.165) is 11.1 Å². The Bertz CT molecular complexity index is 637. The zero-order valence-corrected chi connectivity index (χ0v) is 12.4. The second-order valence-electron chi connectivity index (χ2n) is 5.47. The lowest BCUT2D eigenvalue weighted by molar-refractivity contribution is -0.0673. The first kappa shape index (κ1) is 14.8. The maximum Gasteiger partial charge on any atom is 0.290 e. The molecule has 1 amide bonds. The number of benzene rings is 1. The van der Waals surface area contributed by atoms with Crippen molar-refractivity contribution in [2.75, 3.05) is 19.8 Å². The molecule has 0 aliphatic carbocycles. The Morgan fingerprint density at radius 3 is 2.82 bits per heavy atom. The predicted octanol–water partition coefficient (Wildman–Crippen LogP) is 2.17. The van der Waals surface area contributed by atoms with E-state index in [0.29, 0.717) is 18.9 Å². The molecule has 2 unspecified atom stereocenters. The van der Waals surface area contributed by atoms with Gasteiger partial charge in [0.05, 0.1) is 31.6 Å². The summed E-state index contributed by atoms with van der Waals surface area (Å²) in [5, 5.41) is 9.25. The highest BCUT2D eigenvalue weighted by Crippen LogP contribution is 2.27. The van der Waals surface area contributed by atoms with Crippen molar-refractivity contribution in [2.24, 2.45) is 0 Å². The molecule has 22 heavy (non-hydrogen) atoms. The van der Waals surface area contributed by atoms with Crippen molar-refractivity contribution in [2.45, 2.75) is 19.1 Å². The molecule has 1 aromatic heterocycles. The zero-order valence-electron chi connectivity index (χ0n) is 12.4. The highest BCUT2D eigenvalue weighted by Gasteiger charge is 2.32. The van der Waals surface area contributed by atoms with Crippen molar-refractivity contribution < 1.29 is 19.1 Å². The van der Waals surface area contributed by atoms with Gasteiger partial charge in [-0.3, -0.25) is 4.79 Å². The number of morpholine rings is 1. The van der Waals surface area contributed by atoms with Crippen LogP contribution in [0.1, 0.15) is 17.5 Å². The summed E-state index contributed by atoms with van der Waals surface area (Å²) in [6, 6.07) is 11.4. The van der Waals surface area contributed by atoms with Crippen molar-refractivity contribution in [3.63, 3.8) is 0 Å².